The second-order valence-corrected chi connectivity index (χ2v) is 12.6. The van der Waals surface area contributed by atoms with Gasteiger partial charge in [-0.25, -0.2) is 4.98 Å². The van der Waals surface area contributed by atoms with E-state index in [1.54, 1.807) is 6.20 Å². The van der Waals surface area contributed by atoms with Crippen LogP contribution in [0.2, 0.25) is 0 Å². The summed E-state index contributed by atoms with van der Waals surface area (Å²) >= 11 is 0. The molecule has 3 nitrogen and oxygen atoms in total. The van der Waals surface area contributed by atoms with E-state index in [-0.39, 0.29) is 6.71 Å². The predicted molar refractivity (Wildman–Crippen MR) is 192 cm³/mol. The Morgan fingerprint density at radius 2 is 1.00 bits per heavy atom. The summed E-state index contributed by atoms with van der Waals surface area (Å²) in [6, 6.07) is 20.7. The molecule has 0 saturated heterocycles. The van der Waals surface area contributed by atoms with Gasteiger partial charge >= 0.3 is 0 Å². The van der Waals surface area contributed by atoms with Crippen LogP contribution in [0.15, 0.2) is 91.6 Å². The highest BCUT2D eigenvalue weighted by atomic mass is 19.1. The first-order valence-corrected chi connectivity index (χ1v) is 15.8. The van der Waals surface area contributed by atoms with Crippen LogP contribution in [0, 0.1) is 61.3 Å². The maximum atomic E-state index is 13.9. The van der Waals surface area contributed by atoms with E-state index in [0.29, 0.717) is 0 Å². The summed E-state index contributed by atoms with van der Waals surface area (Å²) in [4.78, 5) is 13.0. The van der Waals surface area contributed by atoms with Crippen LogP contribution in [-0.4, -0.2) is 21.7 Å². The van der Waals surface area contributed by atoms with Gasteiger partial charge < -0.3 is 0 Å². The molecule has 0 saturated carbocycles. The molecule has 5 heteroatoms. The van der Waals surface area contributed by atoms with E-state index in [0.717, 1.165) is 27.8 Å². The number of benzene rings is 3. The number of pyridine rings is 3. The van der Waals surface area contributed by atoms with Crippen LogP contribution in [0.5, 0.6) is 0 Å². The highest BCUT2D eigenvalue weighted by Crippen LogP contribution is 2.32. The largest absolute Gasteiger partial charge is 0.264 e. The standard InChI is InChI=1S/C41H39BFN3/c1-24-13-15-35(29(6)37(24)34-14-16-36(43)46-23-34)42(40-27(4)19-25(2)38(30(40)7)32-11-9-17-44-21-32)41-28(5)20-26(3)39(31(41)8)33-12-10-18-45-22-33/h9-23H,1-8H3. The maximum absolute atomic E-state index is 13.9. The first-order valence-electron chi connectivity index (χ1n) is 15.8. The molecule has 0 bridgehead atoms. The number of rotatable bonds is 6. The average molecular weight is 604 g/mol. The van der Waals surface area contributed by atoms with Gasteiger partial charge in [0.05, 0.1) is 0 Å². The molecule has 3 heterocycles. The molecule has 228 valence electrons. The molecule has 0 N–H and O–H groups in total. The van der Waals surface area contributed by atoms with Gasteiger partial charge in [-0.15, -0.1) is 0 Å². The fourth-order valence-electron chi connectivity index (χ4n) is 7.80. The molecule has 0 radical (unpaired) electrons. The molecule has 6 rings (SSSR count). The van der Waals surface area contributed by atoms with Crippen molar-refractivity contribution in [3.05, 3.63) is 142 Å². The van der Waals surface area contributed by atoms with Crippen LogP contribution < -0.4 is 16.4 Å². The highest BCUT2D eigenvalue weighted by molar-refractivity contribution is 6.97. The Labute approximate surface area is 272 Å². The molecule has 0 fully saturated rings. The third-order valence-corrected chi connectivity index (χ3v) is 9.58. The Hall–Kier alpha value is -4.90. The van der Waals surface area contributed by atoms with Gasteiger partial charge in [-0.1, -0.05) is 63.9 Å². The van der Waals surface area contributed by atoms with E-state index in [1.165, 1.54) is 72.5 Å². The molecule has 0 aliphatic heterocycles. The van der Waals surface area contributed by atoms with Crippen LogP contribution in [0.25, 0.3) is 33.4 Å². The van der Waals surface area contributed by atoms with Crippen molar-refractivity contribution in [2.24, 2.45) is 0 Å². The predicted octanol–water partition coefficient (Wildman–Crippen LogP) is 8.00. The van der Waals surface area contributed by atoms with Crippen molar-refractivity contribution < 1.29 is 4.39 Å². The monoisotopic (exact) mass is 603 g/mol. The molecular weight excluding hydrogens is 564 g/mol. The molecule has 0 spiro atoms. The zero-order valence-corrected chi connectivity index (χ0v) is 28.0. The van der Waals surface area contributed by atoms with Gasteiger partial charge in [0.1, 0.15) is 0 Å². The number of aryl methyl sites for hydroxylation is 5. The van der Waals surface area contributed by atoms with Crippen molar-refractivity contribution in [3.8, 4) is 33.4 Å². The zero-order valence-electron chi connectivity index (χ0n) is 28.0. The summed E-state index contributed by atoms with van der Waals surface area (Å²) in [5.41, 5.74) is 20.3. The van der Waals surface area contributed by atoms with Crippen LogP contribution in [0.4, 0.5) is 4.39 Å². The summed E-state index contributed by atoms with van der Waals surface area (Å²) < 4.78 is 13.9. The van der Waals surface area contributed by atoms with E-state index >= 15 is 0 Å². The molecule has 6 aromatic rings. The van der Waals surface area contributed by atoms with Crippen molar-refractivity contribution in [2.45, 2.75) is 55.4 Å². The van der Waals surface area contributed by atoms with Crippen molar-refractivity contribution in [1.82, 2.24) is 15.0 Å². The Kier molecular flexibility index (Phi) is 8.44. The molecule has 0 aliphatic rings. The molecule has 46 heavy (non-hydrogen) atoms. The molecule has 0 aliphatic carbocycles. The van der Waals surface area contributed by atoms with Crippen molar-refractivity contribution in [2.75, 3.05) is 0 Å². The van der Waals surface area contributed by atoms with Crippen LogP contribution in [-0.2, 0) is 0 Å². The average Bonchev–Trinajstić information content (AvgIpc) is 3.02. The lowest BCUT2D eigenvalue weighted by molar-refractivity contribution is 0.584. The van der Waals surface area contributed by atoms with Gasteiger partial charge in [0.25, 0.3) is 0 Å². The lowest BCUT2D eigenvalue weighted by atomic mass is 9.33. The summed E-state index contributed by atoms with van der Waals surface area (Å²) in [7, 11) is 0. The lowest BCUT2D eigenvalue weighted by Gasteiger charge is -2.29. The summed E-state index contributed by atoms with van der Waals surface area (Å²) in [5, 5.41) is 0. The molecule has 3 aromatic heterocycles. The fourth-order valence-corrected chi connectivity index (χ4v) is 7.80. The Morgan fingerprint density at radius 1 is 0.500 bits per heavy atom. The van der Waals surface area contributed by atoms with E-state index in [9.17, 15) is 4.39 Å². The minimum absolute atomic E-state index is 0.0696. The van der Waals surface area contributed by atoms with Gasteiger partial charge in [0, 0.05) is 47.7 Å². The van der Waals surface area contributed by atoms with Gasteiger partial charge in [-0.3, -0.25) is 9.97 Å². The van der Waals surface area contributed by atoms with Crippen molar-refractivity contribution in [3.63, 3.8) is 0 Å². The minimum Gasteiger partial charge on any atom is -0.264 e. The van der Waals surface area contributed by atoms with Crippen LogP contribution >= 0.6 is 0 Å². The lowest BCUT2D eigenvalue weighted by Crippen LogP contribution is -2.57. The number of halogens is 1. The third-order valence-electron chi connectivity index (χ3n) is 9.58. The third kappa shape index (κ3) is 5.45. The first kappa shape index (κ1) is 31.1. The van der Waals surface area contributed by atoms with E-state index in [4.69, 9.17) is 0 Å². The Balaban J connectivity index is 1.73. The van der Waals surface area contributed by atoms with Crippen LogP contribution in [0.3, 0.4) is 0 Å². The van der Waals surface area contributed by atoms with Crippen molar-refractivity contribution >= 4 is 23.1 Å². The second kappa shape index (κ2) is 12.5. The zero-order chi connectivity index (χ0) is 32.7. The quantitative estimate of drug-likeness (QED) is 0.143. The van der Waals surface area contributed by atoms with E-state index in [2.05, 4.69) is 107 Å². The van der Waals surface area contributed by atoms with Gasteiger partial charge in [-0.05, 0) is 130 Å². The van der Waals surface area contributed by atoms with Crippen molar-refractivity contribution in [1.29, 1.82) is 0 Å². The van der Waals surface area contributed by atoms with Crippen LogP contribution in [0.1, 0.15) is 44.5 Å². The van der Waals surface area contributed by atoms with Gasteiger partial charge in [0.15, 0.2) is 0 Å². The Bertz CT molecular complexity index is 1970. The summed E-state index contributed by atoms with van der Waals surface area (Å²) in [6.07, 6.45) is 9.22. The highest BCUT2D eigenvalue weighted by Gasteiger charge is 2.33. The minimum atomic E-state index is -0.476. The molecular formula is C41H39BFN3. The number of nitrogens with zero attached hydrogens (tertiary/aromatic N) is 3. The Morgan fingerprint density at radius 3 is 1.46 bits per heavy atom. The molecule has 0 unspecified atom stereocenters. The summed E-state index contributed by atoms with van der Waals surface area (Å²) in [6.45, 7) is 17.7. The fraction of sp³-hybridized carbons (Fsp3) is 0.195. The normalized spacial score (nSPS) is 11.2. The summed E-state index contributed by atoms with van der Waals surface area (Å²) in [5.74, 6) is -0.476. The maximum Gasteiger partial charge on any atom is 0.242 e. The topological polar surface area (TPSA) is 38.7 Å². The molecule has 0 amide bonds. The van der Waals surface area contributed by atoms with Gasteiger partial charge in [-0.2, -0.15) is 4.39 Å². The number of hydrogen-bond acceptors (Lipinski definition) is 3. The van der Waals surface area contributed by atoms with E-state index in [1.807, 2.05) is 43.0 Å². The first-order chi connectivity index (χ1) is 22.1. The SMILES string of the molecule is Cc1cc(C)c(-c2cccnc2)c(C)c1B(c1ccc(C)c(-c2ccc(F)nc2)c1C)c1c(C)cc(C)c(-c2cccnc2)c1C. The molecule has 3 aromatic carbocycles. The molecule has 0 atom stereocenters. The van der Waals surface area contributed by atoms with E-state index < -0.39 is 5.95 Å². The van der Waals surface area contributed by atoms with Gasteiger partial charge in [0.2, 0.25) is 12.7 Å². The number of aromatic nitrogens is 3. The number of hydrogen-bond donors (Lipinski definition) is 0. The second-order valence-electron chi connectivity index (χ2n) is 12.6. The smallest absolute Gasteiger partial charge is 0.242 e.